The number of carbonyl (C=O) groups excluding carboxylic acids is 2. The van der Waals surface area contributed by atoms with Crippen molar-refractivity contribution >= 4 is 40.5 Å². The van der Waals surface area contributed by atoms with Crippen molar-refractivity contribution in [1.29, 1.82) is 0 Å². The molecule has 0 unspecified atom stereocenters. The van der Waals surface area contributed by atoms with Gasteiger partial charge in [-0.15, -0.1) is 0 Å². The highest BCUT2D eigenvalue weighted by Gasteiger charge is 2.38. The highest BCUT2D eigenvalue weighted by Crippen LogP contribution is 2.42. The number of benzene rings is 1. The minimum absolute atomic E-state index is 0.113. The molecule has 3 aromatic heterocycles. The van der Waals surface area contributed by atoms with E-state index in [2.05, 4.69) is 62.3 Å². The third kappa shape index (κ3) is 7.52. The van der Waals surface area contributed by atoms with Crippen molar-refractivity contribution in [3.05, 3.63) is 89.4 Å². The fraction of sp³-hybridized carbons (Fsp3) is 0.442. The van der Waals surface area contributed by atoms with E-state index in [1.165, 1.54) is 17.3 Å². The molecular formula is C43H49F3N8O3. The maximum atomic E-state index is 14.5. The average molecular weight is 783 g/mol. The first kappa shape index (κ1) is 38.7. The summed E-state index contributed by atoms with van der Waals surface area (Å²) in [5.74, 6) is -0.533. The first-order chi connectivity index (χ1) is 27.2. The standard InChI is InChI=1S/C43H49F3N8O3/c1-6-38(55)49-34-22-29(7-10-35(34)52-16-15-51(25-26(52)2)30-12-19-57-20-13-30)48-39-32(43(44,45)46)8-9-33(50-39)31-11-14-47-40(27(31)3)54-18-17-53-36(41(54)56)21-28-23-42(4,5)24-37(28)53/h6-11,14,21-22,26,30H,1,12-13,15-20,23-25H2,2-5H3,(H,48,50)(H,49,55)/t26-/m0/s1. The number of nitrogens with zero attached hydrogens (tertiary/aromatic N) is 6. The number of aromatic nitrogens is 3. The molecule has 2 N–H and O–H groups in total. The van der Waals surface area contributed by atoms with E-state index in [1.807, 2.05) is 19.1 Å². The quantitative estimate of drug-likeness (QED) is 0.176. The fourth-order valence-electron chi connectivity index (χ4n) is 9.13. The summed E-state index contributed by atoms with van der Waals surface area (Å²) in [5, 5.41) is 5.80. The third-order valence-electron chi connectivity index (χ3n) is 11.9. The molecule has 0 saturated carbocycles. The van der Waals surface area contributed by atoms with Crippen molar-refractivity contribution in [3.8, 4) is 11.3 Å². The van der Waals surface area contributed by atoms with Crippen LogP contribution in [0.5, 0.6) is 0 Å². The highest BCUT2D eigenvalue weighted by molar-refractivity contribution is 6.06. The summed E-state index contributed by atoms with van der Waals surface area (Å²) in [4.78, 5) is 42.1. The zero-order valence-corrected chi connectivity index (χ0v) is 32.9. The molecule has 2 fully saturated rings. The smallest absolute Gasteiger partial charge is 0.381 e. The van der Waals surface area contributed by atoms with Crippen LogP contribution >= 0.6 is 0 Å². The number of anilines is 5. The lowest BCUT2D eigenvalue weighted by molar-refractivity contribution is -0.137. The van der Waals surface area contributed by atoms with Gasteiger partial charge in [0.05, 0.1) is 22.6 Å². The lowest BCUT2D eigenvalue weighted by Gasteiger charge is -2.45. The Bertz CT molecular complexity index is 2230. The number of fused-ring (bicyclic) bond motifs is 3. The number of hydrogen-bond donors (Lipinski definition) is 2. The molecule has 3 aliphatic heterocycles. The minimum atomic E-state index is -4.71. The van der Waals surface area contributed by atoms with Crippen molar-refractivity contribution in [3.63, 3.8) is 0 Å². The van der Waals surface area contributed by atoms with E-state index in [1.54, 1.807) is 29.3 Å². The Hall–Kier alpha value is -5.21. The molecule has 1 atom stereocenters. The Morgan fingerprint density at radius 3 is 2.56 bits per heavy atom. The molecule has 0 radical (unpaired) electrons. The molecule has 0 spiro atoms. The fourth-order valence-corrected chi connectivity index (χ4v) is 9.13. The molecule has 57 heavy (non-hydrogen) atoms. The van der Waals surface area contributed by atoms with Crippen molar-refractivity contribution in [2.75, 3.05) is 59.8 Å². The maximum Gasteiger partial charge on any atom is 0.419 e. The molecule has 4 aromatic rings. The number of alkyl halides is 3. The van der Waals surface area contributed by atoms with Gasteiger partial charge in [0.1, 0.15) is 17.3 Å². The van der Waals surface area contributed by atoms with Crippen LogP contribution in [0, 0.1) is 12.3 Å². The van der Waals surface area contributed by atoms with Crippen LogP contribution in [0.1, 0.15) is 66.5 Å². The Morgan fingerprint density at radius 2 is 1.82 bits per heavy atom. The second kappa shape index (κ2) is 14.9. The lowest BCUT2D eigenvalue weighted by Crippen LogP contribution is -2.56. The molecule has 2 saturated heterocycles. The summed E-state index contributed by atoms with van der Waals surface area (Å²) in [6, 6.07) is 11.8. The number of halogens is 3. The van der Waals surface area contributed by atoms with Gasteiger partial charge < -0.3 is 24.8 Å². The van der Waals surface area contributed by atoms with E-state index in [0.717, 1.165) is 69.8 Å². The topological polar surface area (TPSA) is 108 Å². The molecule has 1 aromatic carbocycles. The first-order valence-electron chi connectivity index (χ1n) is 19.7. The zero-order valence-electron chi connectivity index (χ0n) is 32.9. The molecule has 1 aliphatic carbocycles. The van der Waals surface area contributed by atoms with Crippen molar-refractivity contribution in [2.24, 2.45) is 5.41 Å². The molecule has 300 valence electrons. The monoisotopic (exact) mass is 782 g/mol. The molecule has 11 nitrogen and oxygen atoms in total. The van der Waals surface area contributed by atoms with Gasteiger partial charge in [-0.05, 0) is 99.0 Å². The Kier molecular flexibility index (Phi) is 10.1. The van der Waals surface area contributed by atoms with Crippen LogP contribution in [0.25, 0.3) is 11.3 Å². The molecule has 8 rings (SSSR count). The second-order valence-electron chi connectivity index (χ2n) is 16.5. The number of piperazine rings is 1. The van der Waals surface area contributed by atoms with Gasteiger partial charge >= 0.3 is 6.18 Å². The molecule has 0 bridgehead atoms. The Morgan fingerprint density at radius 1 is 1.04 bits per heavy atom. The average Bonchev–Trinajstić information content (AvgIpc) is 3.67. The van der Waals surface area contributed by atoms with Crippen LogP contribution in [0.3, 0.4) is 0 Å². The van der Waals surface area contributed by atoms with Crippen LogP contribution < -0.4 is 20.4 Å². The van der Waals surface area contributed by atoms with Crippen molar-refractivity contribution < 1.29 is 27.5 Å². The SMILES string of the molecule is C=CC(=O)Nc1cc(Nc2nc(-c3ccnc(N4CCn5c(cc6c5CC(C)(C)C6)C4=O)c3C)ccc2C(F)(F)F)ccc1N1CCN(C2CCOCC2)C[C@@H]1C. The van der Waals surface area contributed by atoms with E-state index >= 15 is 0 Å². The zero-order chi connectivity index (χ0) is 40.2. The Labute approximate surface area is 330 Å². The number of carbonyl (C=O) groups is 2. The number of amides is 2. The number of ether oxygens (including phenoxy) is 1. The van der Waals surface area contributed by atoms with Crippen molar-refractivity contribution in [2.45, 2.75) is 78.2 Å². The van der Waals surface area contributed by atoms with Gasteiger partial charge in [-0.3, -0.25) is 19.4 Å². The van der Waals surface area contributed by atoms with E-state index in [9.17, 15) is 22.8 Å². The molecular weight excluding hydrogens is 734 g/mol. The van der Waals surface area contributed by atoms with Gasteiger partial charge in [-0.2, -0.15) is 13.2 Å². The minimum Gasteiger partial charge on any atom is -0.381 e. The summed E-state index contributed by atoms with van der Waals surface area (Å²) in [6.45, 7) is 17.0. The number of rotatable bonds is 8. The van der Waals surface area contributed by atoms with Crippen LogP contribution in [0.4, 0.5) is 41.9 Å². The summed E-state index contributed by atoms with van der Waals surface area (Å²) in [5.41, 5.74) is 5.27. The van der Waals surface area contributed by atoms with Gasteiger partial charge in [0.25, 0.3) is 5.91 Å². The number of hydrogen-bond acceptors (Lipinski definition) is 8. The van der Waals surface area contributed by atoms with E-state index in [-0.39, 0.29) is 23.1 Å². The molecule has 2 amide bonds. The van der Waals surface area contributed by atoms with Crippen molar-refractivity contribution in [1.82, 2.24) is 19.4 Å². The summed E-state index contributed by atoms with van der Waals surface area (Å²) >= 11 is 0. The summed E-state index contributed by atoms with van der Waals surface area (Å²) in [7, 11) is 0. The summed E-state index contributed by atoms with van der Waals surface area (Å²) in [6.07, 6.45) is 1.84. The van der Waals surface area contributed by atoms with Crippen LogP contribution in [-0.4, -0.2) is 82.7 Å². The van der Waals surface area contributed by atoms with E-state index in [4.69, 9.17) is 4.74 Å². The predicted molar refractivity (Wildman–Crippen MR) is 215 cm³/mol. The first-order valence-corrected chi connectivity index (χ1v) is 19.7. The molecule has 6 heterocycles. The van der Waals surface area contributed by atoms with Gasteiger partial charge in [0, 0.05) is 86.7 Å². The van der Waals surface area contributed by atoms with Crippen LogP contribution in [-0.2, 0) is 35.1 Å². The maximum absolute atomic E-state index is 14.5. The lowest BCUT2D eigenvalue weighted by atomic mass is 9.90. The Balaban J connectivity index is 1.08. The second-order valence-corrected chi connectivity index (χ2v) is 16.5. The molecule has 14 heteroatoms. The van der Waals surface area contributed by atoms with Gasteiger partial charge in [0.2, 0.25) is 5.91 Å². The van der Waals surface area contributed by atoms with E-state index in [0.29, 0.717) is 59.7 Å². The third-order valence-corrected chi connectivity index (χ3v) is 11.9. The van der Waals surface area contributed by atoms with Gasteiger partial charge in [-0.25, -0.2) is 9.97 Å². The normalized spacial score (nSPS) is 20.0. The highest BCUT2D eigenvalue weighted by atomic mass is 19.4. The van der Waals surface area contributed by atoms with Crippen LogP contribution in [0.15, 0.2) is 61.3 Å². The number of nitrogens with one attached hydrogen (secondary N) is 2. The number of pyridine rings is 2. The van der Waals surface area contributed by atoms with E-state index < -0.39 is 23.5 Å². The predicted octanol–water partition coefficient (Wildman–Crippen LogP) is 7.62. The molecule has 4 aliphatic rings. The largest absolute Gasteiger partial charge is 0.419 e. The van der Waals surface area contributed by atoms with Gasteiger partial charge in [-0.1, -0.05) is 20.4 Å². The summed E-state index contributed by atoms with van der Waals surface area (Å²) < 4.78 is 51.3. The van der Waals surface area contributed by atoms with Crippen LogP contribution in [0.2, 0.25) is 0 Å². The van der Waals surface area contributed by atoms with Gasteiger partial charge in [0.15, 0.2) is 0 Å².